The number of amides is 1. The van der Waals surface area contributed by atoms with Gasteiger partial charge in [0.15, 0.2) is 5.76 Å². The van der Waals surface area contributed by atoms with Crippen LogP contribution in [0.15, 0.2) is 33.7 Å². The van der Waals surface area contributed by atoms with Gasteiger partial charge in [0.05, 0.1) is 0 Å². The van der Waals surface area contributed by atoms with E-state index < -0.39 is 10.0 Å². The Kier molecular flexibility index (Phi) is 5.97. The number of rotatable bonds is 7. The molecule has 7 nitrogen and oxygen atoms in total. The second kappa shape index (κ2) is 7.79. The van der Waals surface area contributed by atoms with Gasteiger partial charge in [0.2, 0.25) is 15.9 Å². The van der Waals surface area contributed by atoms with Crippen molar-refractivity contribution >= 4 is 15.9 Å². The van der Waals surface area contributed by atoms with Crippen LogP contribution in [-0.4, -0.2) is 37.5 Å². The molecular weight excluding hydrogens is 342 g/mol. The Morgan fingerprint density at radius 2 is 2.00 bits per heavy atom. The normalized spacial score (nSPS) is 11.5. The average Bonchev–Trinajstić information content (AvgIpc) is 2.85. The van der Waals surface area contributed by atoms with Crippen molar-refractivity contribution in [3.8, 4) is 0 Å². The Hall–Kier alpha value is -2.19. The number of carbonyl (C=O) groups excluding carboxylic acids is 1. The van der Waals surface area contributed by atoms with Gasteiger partial charge in [0.25, 0.3) is 0 Å². The molecule has 0 bridgehead atoms. The molecule has 0 atom stereocenters. The fourth-order valence-corrected chi connectivity index (χ4v) is 3.97. The quantitative estimate of drug-likeness (QED) is 0.809. The molecule has 0 saturated heterocycles. The molecule has 25 heavy (non-hydrogen) atoms. The van der Waals surface area contributed by atoms with Crippen LogP contribution in [0.25, 0.3) is 0 Å². The van der Waals surface area contributed by atoms with E-state index in [-0.39, 0.29) is 29.7 Å². The third-order valence-corrected chi connectivity index (χ3v) is 5.52. The Bertz CT molecular complexity index is 839. The maximum absolute atomic E-state index is 12.4. The number of nitrogens with one attached hydrogen (secondary N) is 1. The fourth-order valence-electron chi connectivity index (χ4n) is 2.62. The first-order valence-electron chi connectivity index (χ1n) is 7.94. The molecular formula is C17H23N3O4S. The lowest BCUT2D eigenvalue weighted by atomic mass is 10.1. The van der Waals surface area contributed by atoms with E-state index in [1.54, 1.807) is 18.7 Å². The average molecular weight is 365 g/mol. The van der Waals surface area contributed by atoms with Gasteiger partial charge in [0.1, 0.15) is 10.6 Å². The van der Waals surface area contributed by atoms with Crippen LogP contribution in [0.5, 0.6) is 0 Å². The van der Waals surface area contributed by atoms with Gasteiger partial charge in [-0.3, -0.25) is 4.79 Å². The second-order valence-electron chi connectivity index (χ2n) is 5.98. The second-order valence-corrected chi connectivity index (χ2v) is 7.68. The first-order valence-corrected chi connectivity index (χ1v) is 9.42. The minimum atomic E-state index is -3.72. The van der Waals surface area contributed by atoms with Gasteiger partial charge in [-0.1, -0.05) is 35.0 Å². The predicted octanol–water partition coefficient (Wildman–Crippen LogP) is 1.93. The molecule has 0 spiro atoms. The number of sulfonamides is 1. The van der Waals surface area contributed by atoms with E-state index >= 15 is 0 Å². The Morgan fingerprint density at radius 1 is 1.28 bits per heavy atom. The van der Waals surface area contributed by atoms with Crippen molar-refractivity contribution in [2.24, 2.45) is 0 Å². The van der Waals surface area contributed by atoms with Gasteiger partial charge in [-0.25, -0.2) is 13.1 Å². The molecule has 0 aliphatic carbocycles. The number of carbonyl (C=O) groups is 1. The van der Waals surface area contributed by atoms with Crippen molar-refractivity contribution in [3.05, 3.63) is 46.8 Å². The van der Waals surface area contributed by atoms with E-state index in [0.717, 1.165) is 11.1 Å². The maximum Gasteiger partial charge on any atom is 0.246 e. The molecule has 1 heterocycles. The number of nitrogens with zero attached hydrogens (tertiary/aromatic N) is 2. The molecule has 0 unspecified atom stereocenters. The topological polar surface area (TPSA) is 92.5 Å². The van der Waals surface area contributed by atoms with E-state index in [9.17, 15) is 13.2 Å². The standard InChI is InChI=1S/C17H23N3O4S/c1-12-6-5-7-16(10-12)11-20(15(4)21)9-8-18-25(22,23)17-13(2)19-24-14(17)3/h5-7,10,18H,8-9,11H2,1-4H3. The Balaban J connectivity index is 2.01. The van der Waals surface area contributed by atoms with Crippen molar-refractivity contribution in [3.63, 3.8) is 0 Å². The summed E-state index contributed by atoms with van der Waals surface area (Å²) in [6.45, 7) is 7.39. The molecule has 0 aliphatic rings. The van der Waals surface area contributed by atoms with E-state index in [0.29, 0.717) is 12.2 Å². The summed E-state index contributed by atoms with van der Waals surface area (Å²) in [7, 11) is -3.72. The lowest BCUT2D eigenvalue weighted by molar-refractivity contribution is -0.129. The van der Waals surface area contributed by atoms with Crippen molar-refractivity contribution in [1.82, 2.24) is 14.8 Å². The fraction of sp³-hybridized carbons (Fsp3) is 0.412. The Labute approximate surface area is 148 Å². The van der Waals surface area contributed by atoms with Crippen LogP contribution >= 0.6 is 0 Å². The molecule has 1 aromatic heterocycles. The highest BCUT2D eigenvalue weighted by molar-refractivity contribution is 7.89. The molecule has 0 aliphatic heterocycles. The summed E-state index contributed by atoms with van der Waals surface area (Å²) in [6.07, 6.45) is 0. The highest BCUT2D eigenvalue weighted by atomic mass is 32.2. The van der Waals surface area contributed by atoms with Crippen LogP contribution < -0.4 is 4.72 Å². The van der Waals surface area contributed by atoms with Crippen LogP contribution in [0, 0.1) is 20.8 Å². The lowest BCUT2D eigenvalue weighted by Crippen LogP contribution is -2.37. The van der Waals surface area contributed by atoms with Crippen LogP contribution in [0.4, 0.5) is 0 Å². The Morgan fingerprint density at radius 3 is 2.56 bits per heavy atom. The van der Waals surface area contributed by atoms with E-state index in [1.165, 1.54) is 6.92 Å². The van der Waals surface area contributed by atoms with Gasteiger partial charge < -0.3 is 9.42 Å². The van der Waals surface area contributed by atoms with E-state index in [2.05, 4.69) is 9.88 Å². The van der Waals surface area contributed by atoms with Crippen molar-refractivity contribution in [2.45, 2.75) is 39.1 Å². The highest BCUT2D eigenvalue weighted by Crippen LogP contribution is 2.18. The van der Waals surface area contributed by atoms with Gasteiger partial charge in [-0.05, 0) is 26.3 Å². The first kappa shape index (κ1) is 19.1. The largest absolute Gasteiger partial charge is 0.360 e. The molecule has 1 aromatic carbocycles. The lowest BCUT2D eigenvalue weighted by Gasteiger charge is -2.21. The van der Waals surface area contributed by atoms with Crippen molar-refractivity contribution in [1.29, 1.82) is 0 Å². The van der Waals surface area contributed by atoms with Crippen LogP contribution in [0.2, 0.25) is 0 Å². The molecule has 0 saturated carbocycles. The third-order valence-electron chi connectivity index (χ3n) is 3.81. The summed E-state index contributed by atoms with van der Waals surface area (Å²) in [4.78, 5) is 13.5. The molecule has 2 aromatic rings. The summed E-state index contributed by atoms with van der Waals surface area (Å²) < 4.78 is 32.2. The molecule has 1 amide bonds. The van der Waals surface area contributed by atoms with Crippen molar-refractivity contribution in [2.75, 3.05) is 13.1 Å². The summed E-state index contributed by atoms with van der Waals surface area (Å²) in [5.41, 5.74) is 2.43. The SMILES string of the molecule is CC(=O)N(CCNS(=O)(=O)c1c(C)noc1C)Cc1cccc(C)c1. The minimum Gasteiger partial charge on any atom is -0.360 e. The third kappa shape index (κ3) is 4.90. The number of aromatic nitrogens is 1. The van der Waals surface area contributed by atoms with Gasteiger partial charge >= 0.3 is 0 Å². The molecule has 0 radical (unpaired) electrons. The number of hydrogen-bond donors (Lipinski definition) is 1. The summed E-state index contributed by atoms with van der Waals surface area (Å²) >= 11 is 0. The number of hydrogen-bond acceptors (Lipinski definition) is 5. The zero-order valence-electron chi connectivity index (χ0n) is 14.9. The molecule has 2 rings (SSSR count). The first-order chi connectivity index (χ1) is 11.7. The number of benzene rings is 1. The monoisotopic (exact) mass is 365 g/mol. The number of aryl methyl sites for hydroxylation is 3. The molecule has 8 heteroatoms. The van der Waals surface area contributed by atoms with Gasteiger partial charge in [-0.15, -0.1) is 0 Å². The zero-order valence-corrected chi connectivity index (χ0v) is 15.7. The summed E-state index contributed by atoms with van der Waals surface area (Å²) in [6, 6.07) is 7.86. The van der Waals surface area contributed by atoms with Gasteiger partial charge in [-0.2, -0.15) is 0 Å². The highest BCUT2D eigenvalue weighted by Gasteiger charge is 2.24. The van der Waals surface area contributed by atoms with Crippen LogP contribution in [-0.2, 0) is 21.4 Å². The molecule has 136 valence electrons. The minimum absolute atomic E-state index is 0.0561. The van der Waals surface area contributed by atoms with E-state index in [4.69, 9.17) is 4.52 Å². The maximum atomic E-state index is 12.4. The molecule has 0 fully saturated rings. The van der Waals surface area contributed by atoms with Gasteiger partial charge in [0, 0.05) is 26.6 Å². The van der Waals surface area contributed by atoms with E-state index in [1.807, 2.05) is 31.2 Å². The molecule has 1 N–H and O–H groups in total. The van der Waals surface area contributed by atoms with Crippen LogP contribution in [0.3, 0.4) is 0 Å². The van der Waals surface area contributed by atoms with Crippen LogP contribution in [0.1, 0.15) is 29.5 Å². The zero-order chi connectivity index (χ0) is 18.6. The smallest absolute Gasteiger partial charge is 0.246 e. The predicted molar refractivity (Wildman–Crippen MR) is 93.4 cm³/mol. The van der Waals surface area contributed by atoms with Crippen molar-refractivity contribution < 1.29 is 17.7 Å². The summed E-state index contributed by atoms with van der Waals surface area (Å²) in [5, 5.41) is 3.66. The summed E-state index contributed by atoms with van der Waals surface area (Å²) in [5.74, 6) is 0.131.